The molecule has 2 aromatic rings. The number of piperidine rings is 1. The minimum atomic E-state index is 0.266. The van der Waals surface area contributed by atoms with Gasteiger partial charge in [-0.25, -0.2) is 4.98 Å². The van der Waals surface area contributed by atoms with Crippen molar-refractivity contribution < 1.29 is 9.47 Å². The molecule has 8 heteroatoms. The molecule has 0 aliphatic carbocycles. The van der Waals surface area contributed by atoms with Gasteiger partial charge in [-0.15, -0.1) is 4.98 Å². The summed E-state index contributed by atoms with van der Waals surface area (Å²) in [5.41, 5.74) is 1.29. The van der Waals surface area contributed by atoms with E-state index in [2.05, 4.69) is 37.0 Å². The van der Waals surface area contributed by atoms with Crippen LogP contribution in [0, 0.1) is 0 Å². The van der Waals surface area contributed by atoms with Crippen molar-refractivity contribution in [2.75, 3.05) is 51.2 Å². The highest BCUT2D eigenvalue weighted by atomic mass is 16.5. The van der Waals surface area contributed by atoms with E-state index in [-0.39, 0.29) is 12.0 Å². The molecule has 0 spiro atoms. The predicted molar refractivity (Wildman–Crippen MR) is 95.7 cm³/mol. The van der Waals surface area contributed by atoms with Gasteiger partial charge in [-0.3, -0.25) is 0 Å². The summed E-state index contributed by atoms with van der Waals surface area (Å²) in [7, 11) is 7.08. The minimum Gasteiger partial charge on any atom is -0.467 e. The van der Waals surface area contributed by atoms with Crippen LogP contribution < -0.4 is 19.3 Å². The standard InChI is InChI=1S/C17H24N6O2/c1-22(2)14-10-12(7-8-18-14)13-6-5-9-23(11-13)15-19-16(24-3)21-17(20-15)25-4/h7-8,10,13H,5-6,9,11H2,1-4H3/t13-/m0/s1. The second-order valence-corrected chi connectivity index (χ2v) is 6.24. The van der Waals surface area contributed by atoms with Gasteiger partial charge in [0.1, 0.15) is 5.82 Å². The number of methoxy groups -OCH3 is 2. The van der Waals surface area contributed by atoms with Crippen LogP contribution in [0.15, 0.2) is 18.3 Å². The van der Waals surface area contributed by atoms with E-state index >= 15 is 0 Å². The van der Waals surface area contributed by atoms with Crippen LogP contribution in [0.25, 0.3) is 0 Å². The maximum absolute atomic E-state index is 5.16. The Labute approximate surface area is 147 Å². The third-order valence-corrected chi connectivity index (χ3v) is 4.35. The van der Waals surface area contributed by atoms with Crippen LogP contribution >= 0.6 is 0 Å². The van der Waals surface area contributed by atoms with Crippen LogP contribution in [0.2, 0.25) is 0 Å². The Hall–Kier alpha value is -2.64. The molecule has 1 fully saturated rings. The summed E-state index contributed by atoms with van der Waals surface area (Å²) in [6.45, 7) is 1.74. The van der Waals surface area contributed by atoms with Crippen LogP contribution in [-0.4, -0.2) is 61.3 Å². The Morgan fingerprint density at radius 1 is 1.12 bits per heavy atom. The van der Waals surface area contributed by atoms with Crippen LogP contribution in [0.5, 0.6) is 12.0 Å². The summed E-state index contributed by atoms with van der Waals surface area (Å²) in [6.07, 6.45) is 4.08. The zero-order valence-electron chi connectivity index (χ0n) is 15.1. The molecular weight excluding hydrogens is 320 g/mol. The van der Waals surface area contributed by atoms with Crippen molar-refractivity contribution in [3.63, 3.8) is 0 Å². The molecule has 1 aliphatic rings. The van der Waals surface area contributed by atoms with Crippen molar-refractivity contribution in [2.45, 2.75) is 18.8 Å². The fraction of sp³-hybridized carbons (Fsp3) is 0.529. The molecule has 3 heterocycles. The fourth-order valence-electron chi connectivity index (χ4n) is 3.02. The normalized spacial score (nSPS) is 17.3. The van der Waals surface area contributed by atoms with Gasteiger partial charge in [-0.05, 0) is 30.5 Å². The Kier molecular flexibility index (Phi) is 5.16. The number of nitrogens with zero attached hydrogens (tertiary/aromatic N) is 6. The number of hydrogen-bond acceptors (Lipinski definition) is 8. The number of hydrogen-bond donors (Lipinski definition) is 0. The van der Waals surface area contributed by atoms with E-state index in [0.717, 1.165) is 31.7 Å². The number of ether oxygens (including phenoxy) is 2. The lowest BCUT2D eigenvalue weighted by atomic mass is 9.91. The van der Waals surface area contributed by atoms with E-state index < -0.39 is 0 Å². The summed E-state index contributed by atoms with van der Waals surface area (Å²) < 4.78 is 10.3. The molecule has 0 unspecified atom stereocenters. The largest absolute Gasteiger partial charge is 0.467 e. The maximum atomic E-state index is 5.16. The molecule has 0 amide bonds. The second-order valence-electron chi connectivity index (χ2n) is 6.24. The Bertz CT molecular complexity index is 702. The minimum absolute atomic E-state index is 0.266. The molecule has 1 aliphatic heterocycles. The van der Waals surface area contributed by atoms with Crippen LogP contribution in [-0.2, 0) is 0 Å². The average Bonchev–Trinajstić information content (AvgIpc) is 2.67. The quantitative estimate of drug-likeness (QED) is 0.812. The van der Waals surface area contributed by atoms with Crippen molar-refractivity contribution in [3.8, 4) is 12.0 Å². The predicted octanol–water partition coefficient (Wildman–Crippen LogP) is 1.73. The van der Waals surface area contributed by atoms with Gasteiger partial charge in [0, 0.05) is 39.3 Å². The lowest BCUT2D eigenvalue weighted by molar-refractivity contribution is 0.338. The monoisotopic (exact) mass is 344 g/mol. The van der Waals surface area contributed by atoms with Crippen molar-refractivity contribution in [3.05, 3.63) is 23.9 Å². The van der Waals surface area contributed by atoms with Gasteiger partial charge in [-0.2, -0.15) is 9.97 Å². The summed E-state index contributed by atoms with van der Waals surface area (Å²) in [5.74, 6) is 1.97. The first-order valence-corrected chi connectivity index (χ1v) is 8.33. The Balaban J connectivity index is 1.83. The number of aromatic nitrogens is 4. The van der Waals surface area contributed by atoms with Crippen molar-refractivity contribution in [1.82, 2.24) is 19.9 Å². The first-order chi connectivity index (χ1) is 12.1. The molecule has 0 bridgehead atoms. The SMILES string of the molecule is COc1nc(OC)nc(N2CCC[C@H](c3ccnc(N(C)C)c3)C2)n1. The van der Waals surface area contributed by atoms with E-state index in [1.54, 1.807) is 0 Å². The summed E-state index contributed by atoms with van der Waals surface area (Å²) >= 11 is 0. The molecule has 134 valence electrons. The molecule has 1 atom stereocenters. The van der Waals surface area contributed by atoms with Crippen LogP contribution in [0.1, 0.15) is 24.3 Å². The molecule has 0 N–H and O–H groups in total. The fourth-order valence-corrected chi connectivity index (χ4v) is 3.02. The highest BCUT2D eigenvalue weighted by Gasteiger charge is 2.25. The van der Waals surface area contributed by atoms with E-state index in [4.69, 9.17) is 9.47 Å². The van der Waals surface area contributed by atoms with E-state index in [1.807, 2.05) is 25.2 Å². The number of pyridine rings is 1. The maximum Gasteiger partial charge on any atom is 0.324 e. The van der Waals surface area contributed by atoms with Gasteiger partial charge >= 0.3 is 12.0 Å². The van der Waals surface area contributed by atoms with Crippen LogP contribution in [0.3, 0.4) is 0 Å². The van der Waals surface area contributed by atoms with Crippen molar-refractivity contribution in [2.24, 2.45) is 0 Å². The third kappa shape index (κ3) is 3.89. The highest BCUT2D eigenvalue weighted by molar-refractivity contribution is 5.42. The molecule has 25 heavy (non-hydrogen) atoms. The molecule has 0 radical (unpaired) electrons. The Morgan fingerprint density at radius 2 is 1.84 bits per heavy atom. The van der Waals surface area contributed by atoms with Gasteiger partial charge < -0.3 is 19.3 Å². The molecule has 0 saturated carbocycles. The molecule has 3 rings (SSSR count). The van der Waals surface area contributed by atoms with Gasteiger partial charge in [0.25, 0.3) is 0 Å². The lowest BCUT2D eigenvalue weighted by Gasteiger charge is -2.33. The molecule has 8 nitrogen and oxygen atoms in total. The van der Waals surface area contributed by atoms with Gasteiger partial charge in [-0.1, -0.05) is 0 Å². The Morgan fingerprint density at radius 3 is 2.48 bits per heavy atom. The summed E-state index contributed by atoms with van der Waals surface area (Å²) in [4.78, 5) is 21.4. The molecule has 0 aromatic carbocycles. The molecule has 2 aromatic heterocycles. The van der Waals surface area contributed by atoms with E-state index in [1.165, 1.54) is 19.8 Å². The first kappa shape index (κ1) is 17.2. The topological polar surface area (TPSA) is 76.5 Å². The first-order valence-electron chi connectivity index (χ1n) is 8.33. The second kappa shape index (κ2) is 7.50. The van der Waals surface area contributed by atoms with Crippen LogP contribution in [0.4, 0.5) is 11.8 Å². The zero-order chi connectivity index (χ0) is 17.8. The molecular formula is C17H24N6O2. The summed E-state index contributed by atoms with van der Waals surface area (Å²) in [6, 6.07) is 4.78. The van der Waals surface area contributed by atoms with Gasteiger partial charge in [0.05, 0.1) is 14.2 Å². The number of rotatable bonds is 5. The summed E-state index contributed by atoms with van der Waals surface area (Å²) in [5, 5.41) is 0. The smallest absolute Gasteiger partial charge is 0.324 e. The number of anilines is 2. The van der Waals surface area contributed by atoms with E-state index in [0.29, 0.717) is 11.9 Å². The lowest BCUT2D eigenvalue weighted by Crippen LogP contribution is -2.35. The van der Waals surface area contributed by atoms with Crippen molar-refractivity contribution in [1.29, 1.82) is 0 Å². The van der Waals surface area contributed by atoms with Gasteiger partial charge in [0.15, 0.2) is 0 Å². The van der Waals surface area contributed by atoms with Gasteiger partial charge in [0.2, 0.25) is 5.95 Å². The zero-order valence-corrected chi connectivity index (χ0v) is 15.1. The van der Waals surface area contributed by atoms with Crippen molar-refractivity contribution >= 4 is 11.8 Å². The highest BCUT2D eigenvalue weighted by Crippen LogP contribution is 2.30. The van der Waals surface area contributed by atoms with E-state index in [9.17, 15) is 0 Å². The molecule has 1 saturated heterocycles. The third-order valence-electron chi connectivity index (χ3n) is 4.35. The average molecular weight is 344 g/mol.